The third-order valence-electron chi connectivity index (χ3n) is 2.97. The molecular weight excluding hydrogens is 340 g/mol. The summed E-state index contributed by atoms with van der Waals surface area (Å²) < 4.78 is 33.2. The molecule has 0 saturated carbocycles. The van der Waals surface area contributed by atoms with Crippen LogP contribution < -0.4 is 10.5 Å². The largest absolute Gasteiger partial charge is 0.487 e. The van der Waals surface area contributed by atoms with Gasteiger partial charge in [-0.15, -0.1) is 0 Å². The standard InChI is InChI=1S/C16H16BrF2NO/c1-10(20)7-11-3-2-4-14(17)16(11)21-9-12-8-13(18)5-6-15(12)19/h2-6,8,10H,7,9,20H2,1H3. The highest BCUT2D eigenvalue weighted by atomic mass is 79.9. The van der Waals surface area contributed by atoms with Gasteiger partial charge in [-0.1, -0.05) is 12.1 Å². The first-order chi connectivity index (χ1) is 9.97. The molecule has 0 aliphatic carbocycles. The van der Waals surface area contributed by atoms with Crippen molar-refractivity contribution < 1.29 is 13.5 Å². The summed E-state index contributed by atoms with van der Waals surface area (Å²) in [5, 5.41) is 0. The van der Waals surface area contributed by atoms with Gasteiger partial charge in [0.05, 0.1) is 4.47 Å². The van der Waals surface area contributed by atoms with Gasteiger partial charge in [0.2, 0.25) is 0 Å². The molecule has 0 heterocycles. The van der Waals surface area contributed by atoms with Crippen LogP contribution in [0.5, 0.6) is 5.75 Å². The Morgan fingerprint density at radius 3 is 2.67 bits per heavy atom. The average Bonchev–Trinajstić information content (AvgIpc) is 2.41. The molecule has 0 radical (unpaired) electrons. The van der Waals surface area contributed by atoms with Crippen molar-refractivity contribution in [2.24, 2.45) is 5.73 Å². The smallest absolute Gasteiger partial charge is 0.137 e. The summed E-state index contributed by atoms with van der Waals surface area (Å²) in [6.45, 7) is 1.86. The number of ether oxygens (including phenoxy) is 1. The van der Waals surface area contributed by atoms with Crippen LogP contribution in [-0.4, -0.2) is 6.04 Å². The zero-order valence-corrected chi connectivity index (χ0v) is 13.2. The Labute approximate surface area is 131 Å². The second-order valence-electron chi connectivity index (χ2n) is 4.93. The summed E-state index contributed by atoms with van der Waals surface area (Å²) in [5.74, 6) is -0.367. The van der Waals surface area contributed by atoms with E-state index < -0.39 is 11.6 Å². The summed E-state index contributed by atoms with van der Waals surface area (Å²) in [6.07, 6.45) is 0.639. The summed E-state index contributed by atoms with van der Waals surface area (Å²) in [7, 11) is 0. The molecule has 2 nitrogen and oxygen atoms in total. The highest BCUT2D eigenvalue weighted by Crippen LogP contribution is 2.30. The maximum atomic E-state index is 13.6. The molecule has 0 spiro atoms. The number of benzene rings is 2. The van der Waals surface area contributed by atoms with Gasteiger partial charge in [-0.05, 0) is 59.1 Å². The highest BCUT2D eigenvalue weighted by molar-refractivity contribution is 9.10. The van der Waals surface area contributed by atoms with Gasteiger partial charge in [0.1, 0.15) is 24.0 Å². The highest BCUT2D eigenvalue weighted by Gasteiger charge is 2.12. The zero-order valence-electron chi connectivity index (χ0n) is 11.6. The normalized spacial score (nSPS) is 12.2. The summed E-state index contributed by atoms with van der Waals surface area (Å²) in [6, 6.07) is 8.92. The lowest BCUT2D eigenvalue weighted by atomic mass is 10.1. The second kappa shape index (κ2) is 7.00. The molecular formula is C16H16BrF2NO. The van der Waals surface area contributed by atoms with Crippen LogP contribution in [0.2, 0.25) is 0 Å². The van der Waals surface area contributed by atoms with Crippen LogP contribution in [0.15, 0.2) is 40.9 Å². The van der Waals surface area contributed by atoms with Crippen LogP contribution in [0.1, 0.15) is 18.1 Å². The molecule has 5 heteroatoms. The fraction of sp³-hybridized carbons (Fsp3) is 0.250. The van der Waals surface area contributed by atoms with Crippen molar-refractivity contribution in [2.75, 3.05) is 0 Å². The molecule has 0 amide bonds. The van der Waals surface area contributed by atoms with E-state index in [-0.39, 0.29) is 18.2 Å². The molecule has 2 N–H and O–H groups in total. The Morgan fingerprint density at radius 2 is 1.95 bits per heavy atom. The van der Waals surface area contributed by atoms with Crippen LogP contribution in [0.4, 0.5) is 8.78 Å². The number of rotatable bonds is 5. The van der Waals surface area contributed by atoms with E-state index in [0.717, 1.165) is 28.2 Å². The van der Waals surface area contributed by atoms with Gasteiger partial charge in [0.25, 0.3) is 0 Å². The minimum Gasteiger partial charge on any atom is -0.487 e. The molecule has 0 aliphatic rings. The first-order valence-corrected chi connectivity index (χ1v) is 7.36. The molecule has 112 valence electrons. The lowest BCUT2D eigenvalue weighted by molar-refractivity contribution is 0.293. The first kappa shape index (κ1) is 15.9. The van der Waals surface area contributed by atoms with E-state index in [1.54, 1.807) is 0 Å². The van der Waals surface area contributed by atoms with E-state index in [4.69, 9.17) is 10.5 Å². The third-order valence-corrected chi connectivity index (χ3v) is 3.59. The molecule has 2 aromatic carbocycles. The molecule has 0 bridgehead atoms. The van der Waals surface area contributed by atoms with Crippen molar-refractivity contribution in [1.82, 2.24) is 0 Å². The van der Waals surface area contributed by atoms with Gasteiger partial charge in [-0.2, -0.15) is 0 Å². The Balaban J connectivity index is 2.21. The van der Waals surface area contributed by atoms with Gasteiger partial charge in [0.15, 0.2) is 0 Å². The quantitative estimate of drug-likeness (QED) is 0.872. The van der Waals surface area contributed by atoms with Gasteiger partial charge in [0, 0.05) is 11.6 Å². The number of halogens is 3. The second-order valence-corrected chi connectivity index (χ2v) is 5.79. The van der Waals surface area contributed by atoms with Crippen molar-refractivity contribution in [3.63, 3.8) is 0 Å². The van der Waals surface area contributed by atoms with Crippen LogP contribution in [0, 0.1) is 11.6 Å². The van der Waals surface area contributed by atoms with Crippen molar-refractivity contribution in [3.8, 4) is 5.75 Å². The van der Waals surface area contributed by atoms with E-state index in [0.29, 0.717) is 12.2 Å². The molecule has 0 saturated heterocycles. The van der Waals surface area contributed by atoms with Gasteiger partial charge < -0.3 is 10.5 Å². The molecule has 21 heavy (non-hydrogen) atoms. The van der Waals surface area contributed by atoms with E-state index in [9.17, 15) is 8.78 Å². The summed E-state index contributed by atoms with van der Waals surface area (Å²) in [4.78, 5) is 0. The van der Waals surface area contributed by atoms with E-state index in [2.05, 4.69) is 15.9 Å². The maximum Gasteiger partial charge on any atom is 0.137 e. The molecule has 0 aliphatic heterocycles. The first-order valence-electron chi connectivity index (χ1n) is 6.57. The predicted octanol–water partition coefficient (Wildman–Crippen LogP) is 4.20. The molecule has 1 unspecified atom stereocenters. The van der Waals surface area contributed by atoms with Crippen molar-refractivity contribution in [2.45, 2.75) is 26.0 Å². The fourth-order valence-electron chi connectivity index (χ4n) is 2.03. The number of nitrogens with two attached hydrogens (primary N) is 1. The van der Waals surface area contributed by atoms with Gasteiger partial charge >= 0.3 is 0 Å². The maximum absolute atomic E-state index is 13.6. The molecule has 1 atom stereocenters. The van der Waals surface area contributed by atoms with Gasteiger partial charge in [-0.25, -0.2) is 8.78 Å². The van der Waals surface area contributed by atoms with Gasteiger partial charge in [-0.3, -0.25) is 0 Å². The monoisotopic (exact) mass is 355 g/mol. The molecule has 0 aromatic heterocycles. The average molecular weight is 356 g/mol. The fourth-order valence-corrected chi connectivity index (χ4v) is 2.55. The predicted molar refractivity (Wildman–Crippen MR) is 82.2 cm³/mol. The Morgan fingerprint density at radius 1 is 1.19 bits per heavy atom. The lowest BCUT2D eigenvalue weighted by Crippen LogP contribution is -2.18. The molecule has 2 aromatic rings. The van der Waals surface area contributed by atoms with E-state index >= 15 is 0 Å². The summed E-state index contributed by atoms with van der Waals surface area (Å²) in [5.41, 5.74) is 6.92. The zero-order chi connectivity index (χ0) is 15.4. The van der Waals surface area contributed by atoms with Crippen LogP contribution >= 0.6 is 15.9 Å². The summed E-state index contributed by atoms with van der Waals surface area (Å²) >= 11 is 3.41. The van der Waals surface area contributed by atoms with Crippen molar-refractivity contribution in [3.05, 3.63) is 63.6 Å². The Hall–Kier alpha value is -1.46. The van der Waals surface area contributed by atoms with Crippen molar-refractivity contribution >= 4 is 15.9 Å². The van der Waals surface area contributed by atoms with E-state index in [1.165, 1.54) is 0 Å². The Bertz CT molecular complexity index is 632. The van der Waals surface area contributed by atoms with Crippen LogP contribution in [0.25, 0.3) is 0 Å². The topological polar surface area (TPSA) is 35.2 Å². The lowest BCUT2D eigenvalue weighted by Gasteiger charge is -2.15. The number of hydrogen-bond acceptors (Lipinski definition) is 2. The van der Waals surface area contributed by atoms with Crippen LogP contribution in [0.3, 0.4) is 0 Å². The molecule has 0 fully saturated rings. The number of hydrogen-bond donors (Lipinski definition) is 1. The Kier molecular flexibility index (Phi) is 5.31. The minimum absolute atomic E-state index is 0.0208. The van der Waals surface area contributed by atoms with Crippen LogP contribution in [-0.2, 0) is 13.0 Å². The molecule has 2 rings (SSSR count). The van der Waals surface area contributed by atoms with E-state index in [1.807, 2.05) is 25.1 Å². The van der Waals surface area contributed by atoms with Crippen molar-refractivity contribution in [1.29, 1.82) is 0 Å². The number of para-hydroxylation sites is 1. The third kappa shape index (κ3) is 4.25. The SMILES string of the molecule is CC(N)Cc1cccc(Br)c1OCc1cc(F)ccc1F. The minimum atomic E-state index is -0.489.